The quantitative estimate of drug-likeness (QED) is 0.421. The predicted octanol–water partition coefficient (Wildman–Crippen LogP) is 4.50. The van der Waals surface area contributed by atoms with E-state index in [-0.39, 0.29) is 29.8 Å². The van der Waals surface area contributed by atoms with Crippen molar-refractivity contribution in [3.63, 3.8) is 0 Å². The van der Waals surface area contributed by atoms with Crippen LogP contribution < -0.4 is 10.2 Å². The van der Waals surface area contributed by atoms with Crippen LogP contribution in [0.1, 0.15) is 42.9 Å². The lowest BCUT2D eigenvalue weighted by molar-refractivity contribution is -0.122. The van der Waals surface area contributed by atoms with Gasteiger partial charge in [-0.25, -0.2) is 0 Å². The molecule has 2 aromatic carbocycles. The van der Waals surface area contributed by atoms with Gasteiger partial charge in [-0.2, -0.15) is 0 Å². The van der Waals surface area contributed by atoms with Crippen LogP contribution in [-0.4, -0.2) is 30.9 Å². The summed E-state index contributed by atoms with van der Waals surface area (Å²) < 4.78 is 0. The van der Waals surface area contributed by atoms with Gasteiger partial charge in [-0.05, 0) is 59.9 Å². The third kappa shape index (κ3) is 5.71. The minimum absolute atomic E-state index is 0.125. The van der Waals surface area contributed by atoms with Gasteiger partial charge < -0.3 is 15.3 Å². The molecule has 2 rings (SSSR count). The molecule has 0 aliphatic carbocycles. The first kappa shape index (κ1) is 21.2. The molecule has 2 aromatic rings. The number of amides is 1. The van der Waals surface area contributed by atoms with Crippen molar-refractivity contribution < 1.29 is 14.7 Å². The van der Waals surface area contributed by atoms with Gasteiger partial charge in [-0.3, -0.25) is 9.59 Å². The van der Waals surface area contributed by atoms with Gasteiger partial charge in [-0.1, -0.05) is 32.1 Å². The van der Waals surface area contributed by atoms with Crippen molar-refractivity contribution in [1.29, 1.82) is 0 Å². The average Bonchev–Trinajstić information content (AvgIpc) is 2.62. The Morgan fingerprint density at radius 1 is 1.14 bits per heavy atom. The topological polar surface area (TPSA) is 69.6 Å². The molecule has 1 amide bonds. The van der Waals surface area contributed by atoms with E-state index in [0.29, 0.717) is 5.69 Å². The summed E-state index contributed by atoms with van der Waals surface area (Å²) in [4.78, 5) is 26.3. The number of aryl methyl sites for hydroxylation is 1. The molecule has 5 nitrogen and oxygen atoms in total. The van der Waals surface area contributed by atoms with Crippen LogP contribution in [-0.2, 0) is 9.59 Å². The molecule has 0 radical (unpaired) electrons. The van der Waals surface area contributed by atoms with E-state index >= 15 is 0 Å². The van der Waals surface area contributed by atoms with E-state index < -0.39 is 0 Å². The number of hydrogen-bond donors (Lipinski definition) is 2. The molecule has 28 heavy (non-hydrogen) atoms. The molecule has 0 aliphatic heterocycles. The Labute approximate surface area is 166 Å². The predicted molar refractivity (Wildman–Crippen MR) is 115 cm³/mol. The number of anilines is 2. The van der Waals surface area contributed by atoms with Crippen LogP contribution in [0.5, 0.6) is 5.75 Å². The Bertz CT molecular complexity index is 881. The maximum atomic E-state index is 12.2. The molecule has 0 fully saturated rings. The highest BCUT2D eigenvalue weighted by molar-refractivity contribution is 6.09. The molecular weight excluding hydrogens is 352 g/mol. The Morgan fingerprint density at radius 3 is 2.36 bits per heavy atom. The summed E-state index contributed by atoms with van der Waals surface area (Å²) >= 11 is 0. The number of carbonyl (C=O) groups is 2. The second-order valence-corrected chi connectivity index (χ2v) is 7.39. The fraction of sp³-hybridized carbons (Fsp3) is 0.304. The first-order valence-corrected chi connectivity index (χ1v) is 9.29. The van der Waals surface area contributed by atoms with Gasteiger partial charge in [-0.15, -0.1) is 0 Å². The van der Waals surface area contributed by atoms with Gasteiger partial charge in [0.25, 0.3) is 0 Å². The average molecular weight is 380 g/mol. The van der Waals surface area contributed by atoms with Gasteiger partial charge in [0.15, 0.2) is 5.78 Å². The number of allylic oxidation sites excluding steroid dienone is 1. The monoisotopic (exact) mass is 380 g/mol. The van der Waals surface area contributed by atoms with Crippen molar-refractivity contribution in [2.24, 2.45) is 0 Å². The fourth-order valence-corrected chi connectivity index (χ4v) is 2.79. The molecular formula is C23H28N2O3. The van der Waals surface area contributed by atoms with Crippen molar-refractivity contribution >= 4 is 29.1 Å². The maximum Gasteiger partial charge on any atom is 0.232 e. The van der Waals surface area contributed by atoms with Crippen molar-refractivity contribution in [3.8, 4) is 5.75 Å². The van der Waals surface area contributed by atoms with Crippen LogP contribution >= 0.6 is 0 Å². The standard InChI is InChI=1S/C23H28N2O3/c1-15(2)20-14-21(16(3)12-22(20)27)24-23(28)13-19(26)11-8-17-6-9-18(10-7-17)25(4)5/h6-12,14-15,27H,13H2,1-5H3,(H,24,28)/b11-8+. The number of phenolic OH excluding ortho intramolecular Hbond substituents is 1. The van der Waals surface area contributed by atoms with E-state index in [4.69, 9.17) is 0 Å². The summed E-state index contributed by atoms with van der Waals surface area (Å²) in [5.41, 5.74) is 4.10. The van der Waals surface area contributed by atoms with Crippen molar-refractivity contribution in [1.82, 2.24) is 0 Å². The molecule has 0 aromatic heterocycles. The SMILES string of the molecule is Cc1cc(O)c(C(C)C)cc1NC(=O)CC(=O)/C=C/c1ccc(N(C)C)cc1. The minimum Gasteiger partial charge on any atom is -0.508 e. The summed E-state index contributed by atoms with van der Waals surface area (Å²) in [6.45, 7) is 5.74. The van der Waals surface area contributed by atoms with Crippen molar-refractivity contribution in [3.05, 3.63) is 59.2 Å². The molecule has 0 unspecified atom stereocenters. The molecule has 0 saturated carbocycles. The van der Waals surface area contributed by atoms with Crippen LogP contribution in [0.25, 0.3) is 6.08 Å². The van der Waals surface area contributed by atoms with E-state index in [1.54, 1.807) is 25.1 Å². The highest BCUT2D eigenvalue weighted by Gasteiger charge is 2.13. The van der Waals surface area contributed by atoms with E-state index in [1.807, 2.05) is 57.1 Å². The van der Waals surface area contributed by atoms with Crippen LogP contribution in [0.3, 0.4) is 0 Å². The third-order valence-corrected chi connectivity index (χ3v) is 4.48. The minimum atomic E-state index is -0.374. The highest BCUT2D eigenvalue weighted by atomic mass is 16.3. The first-order chi connectivity index (χ1) is 13.2. The largest absolute Gasteiger partial charge is 0.508 e. The summed E-state index contributed by atoms with van der Waals surface area (Å²) in [6, 6.07) is 11.2. The number of aromatic hydroxyl groups is 1. The van der Waals surface area contributed by atoms with Crippen LogP contribution in [0, 0.1) is 6.92 Å². The second-order valence-electron chi connectivity index (χ2n) is 7.39. The lowest BCUT2D eigenvalue weighted by Crippen LogP contribution is -2.16. The number of benzene rings is 2. The number of phenols is 1. The molecule has 2 N–H and O–H groups in total. The molecule has 148 valence electrons. The van der Waals surface area contributed by atoms with Crippen LogP contribution in [0.15, 0.2) is 42.5 Å². The summed E-state index contributed by atoms with van der Waals surface area (Å²) in [6.07, 6.45) is 2.90. The summed E-state index contributed by atoms with van der Waals surface area (Å²) in [5, 5.41) is 12.8. The van der Waals surface area contributed by atoms with E-state index in [9.17, 15) is 14.7 Å². The Hall–Kier alpha value is -3.08. The maximum absolute atomic E-state index is 12.2. The van der Waals surface area contributed by atoms with Gasteiger partial charge in [0.05, 0.1) is 6.42 Å². The zero-order valence-electron chi connectivity index (χ0n) is 17.1. The second kappa shape index (κ2) is 9.22. The fourth-order valence-electron chi connectivity index (χ4n) is 2.79. The van der Waals surface area contributed by atoms with Crippen molar-refractivity contribution in [2.75, 3.05) is 24.3 Å². The number of hydrogen-bond acceptors (Lipinski definition) is 4. The van der Waals surface area contributed by atoms with Crippen LogP contribution in [0.2, 0.25) is 0 Å². The summed E-state index contributed by atoms with van der Waals surface area (Å²) in [7, 11) is 3.93. The van der Waals surface area contributed by atoms with E-state index in [1.165, 1.54) is 6.08 Å². The highest BCUT2D eigenvalue weighted by Crippen LogP contribution is 2.31. The first-order valence-electron chi connectivity index (χ1n) is 9.29. The molecule has 0 saturated heterocycles. The number of rotatable bonds is 7. The smallest absolute Gasteiger partial charge is 0.232 e. The van der Waals surface area contributed by atoms with Gasteiger partial charge in [0.1, 0.15) is 5.75 Å². The number of nitrogens with zero attached hydrogens (tertiary/aromatic N) is 1. The molecule has 5 heteroatoms. The lowest BCUT2D eigenvalue weighted by Gasteiger charge is -2.14. The van der Waals surface area contributed by atoms with E-state index in [2.05, 4.69) is 5.32 Å². The summed E-state index contributed by atoms with van der Waals surface area (Å²) in [5.74, 6) is -0.305. The molecule has 0 spiro atoms. The number of ketones is 1. The third-order valence-electron chi connectivity index (χ3n) is 4.48. The zero-order chi connectivity index (χ0) is 20.8. The molecule has 0 atom stereocenters. The molecule has 0 bridgehead atoms. The van der Waals surface area contributed by atoms with Crippen molar-refractivity contribution in [2.45, 2.75) is 33.1 Å². The van der Waals surface area contributed by atoms with E-state index in [0.717, 1.165) is 22.4 Å². The normalized spacial score (nSPS) is 11.1. The number of nitrogens with one attached hydrogen (secondary N) is 1. The molecule has 0 heterocycles. The lowest BCUT2D eigenvalue weighted by atomic mass is 9.99. The Balaban J connectivity index is 1.99. The zero-order valence-corrected chi connectivity index (χ0v) is 17.1. The van der Waals surface area contributed by atoms with Gasteiger partial charge >= 0.3 is 0 Å². The Morgan fingerprint density at radius 2 is 1.79 bits per heavy atom. The Kier molecular flexibility index (Phi) is 6.99. The van der Waals surface area contributed by atoms with Crippen LogP contribution in [0.4, 0.5) is 11.4 Å². The van der Waals surface area contributed by atoms with Gasteiger partial charge in [0.2, 0.25) is 5.91 Å². The molecule has 0 aliphatic rings. The van der Waals surface area contributed by atoms with Gasteiger partial charge in [0, 0.05) is 25.5 Å². The number of carbonyl (C=O) groups excluding carboxylic acids is 2.